The summed E-state index contributed by atoms with van der Waals surface area (Å²) in [5.41, 5.74) is 0. The topological polar surface area (TPSA) is 230 Å². The molecule has 0 rings (SSSR count). The minimum absolute atomic E-state index is 0.609. The van der Waals surface area contributed by atoms with Gasteiger partial charge in [0.05, 0.1) is 0 Å². The van der Waals surface area contributed by atoms with E-state index < -0.39 is 60.4 Å². The number of hydrogen-bond acceptors (Lipinski definition) is 4. The lowest BCUT2D eigenvalue weighted by atomic mass is 10.3. The molecule has 0 spiro atoms. The summed E-state index contributed by atoms with van der Waals surface area (Å²) in [6.07, 6.45) is -2.32. The van der Waals surface area contributed by atoms with E-state index in [0.717, 1.165) is 0 Å². The average molecular weight is 392 g/mol. The second kappa shape index (κ2) is 7.01. The van der Waals surface area contributed by atoms with Crippen molar-refractivity contribution >= 4 is 30.4 Å². The summed E-state index contributed by atoms with van der Waals surface area (Å²) in [5, 5.41) is -4.78. The summed E-state index contributed by atoms with van der Waals surface area (Å²) in [7, 11) is -20.8. The van der Waals surface area contributed by atoms with Crippen LogP contribution in [0.1, 0.15) is 19.3 Å². The molecule has 8 N–H and O–H groups in total. The molecule has 0 bridgehead atoms. The van der Waals surface area contributed by atoms with Gasteiger partial charge >= 0.3 is 30.4 Å². The van der Waals surface area contributed by atoms with Gasteiger partial charge in [-0.2, -0.15) is 0 Å². The highest BCUT2D eigenvalue weighted by molar-refractivity contribution is 7.71. The van der Waals surface area contributed by atoms with Crippen molar-refractivity contribution in [2.45, 2.75) is 30.1 Å². The molecule has 0 aromatic heterocycles. The van der Waals surface area contributed by atoms with E-state index in [1.807, 2.05) is 0 Å². The van der Waals surface area contributed by atoms with Crippen molar-refractivity contribution in [2.75, 3.05) is 0 Å². The summed E-state index contributed by atoms with van der Waals surface area (Å²) in [4.78, 5) is 70.5. The van der Waals surface area contributed by atoms with Gasteiger partial charge in [0.25, 0.3) is 0 Å². The van der Waals surface area contributed by atoms with E-state index in [-0.39, 0.29) is 0 Å². The van der Waals surface area contributed by atoms with Crippen LogP contribution in [0.3, 0.4) is 0 Å². The fourth-order valence-electron chi connectivity index (χ4n) is 1.55. The quantitative estimate of drug-likeness (QED) is 0.245. The molecule has 0 amide bonds. The highest BCUT2D eigenvalue weighted by Crippen LogP contribution is 2.64. The first-order valence-corrected chi connectivity index (χ1v) is 11.9. The second-order valence-electron chi connectivity index (χ2n) is 4.25. The van der Waals surface area contributed by atoms with E-state index in [1.54, 1.807) is 0 Å². The van der Waals surface area contributed by atoms with Gasteiger partial charge in [0, 0.05) is 0 Å². The Morgan fingerprint density at radius 3 is 0.857 bits per heavy atom. The van der Waals surface area contributed by atoms with Crippen LogP contribution in [-0.4, -0.2) is 49.9 Å². The van der Waals surface area contributed by atoms with Crippen LogP contribution in [0.2, 0.25) is 0 Å². The van der Waals surface area contributed by atoms with Crippen molar-refractivity contribution in [3.8, 4) is 0 Å². The molecule has 0 heterocycles. The van der Waals surface area contributed by atoms with E-state index in [4.69, 9.17) is 39.1 Å². The Morgan fingerprint density at radius 2 is 0.714 bits per heavy atom. The highest BCUT2D eigenvalue weighted by Gasteiger charge is 2.45. The Labute approximate surface area is 118 Å². The first-order valence-electron chi connectivity index (χ1n) is 5.18. The lowest BCUT2D eigenvalue weighted by Crippen LogP contribution is -2.13. The van der Waals surface area contributed by atoms with Crippen LogP contribution in [-0.2, 0) is 18.3 Å². The highest BCUT2D eigenvalue weighted by atomic mass is 31.2. The number of hydrogen-bond donors (Lipinski definition) is 8. The molecule has 0 aliphatic carbocycles. The van der Waals surface area contributed by atoms with Crippen molar-refractivity contribution in [1.82, 2.24) is 0 Å². The standard InChI is InChI=1S/C5H16O12P4/c6-18(7,8)4(19(9,10)11)2-1-3-5(20(12,13)14)21(15,16)17/h4-5H,1-3H2,(H2,6,7,8)(H2,9,10,11)(H2,12,13,14)(H2,15,16,17). The molecule has 0 aliphatic heterocycles. The molecule has 0 aromatic carbocycles. The zero-order valence-electron chi connectivity index (χ0n) is 10.3. The smallest absolute Gasteiger partial charge is 0.324 e. The lowest BCUT2D eigenvalue weighted by Gasteiger charge is -2.22. The molecular formula is C5H16O12P4. The van der Waals surface area contributed by atoms with Gasteiger partial charge in [0.1, 0.15) is 0 Å². The molecule has 21 heavy (non-hydrogen) atoms. The fourth-order valence-corrected chi connectivity index (χ4v) is 6.76. The zero-order chi connectivity index (χ0) is 17.3. The van der Waals surface area contributed by atoms with Gasteiger partial charge in [-0.15, -0.1) is 0 Å². The van der Waals surface area contributed by atoms with Crippen LogP contribution in [0.15, 0.2) is 0 Å². The molecule has 128 valence electrons. The van der Waals surface area contributed by atoms with Gasteiger partial charge in [-0.05, 0) is 12.8 Å². The molecule has 12 nitrogen and oxygen atoms in total. The van der Waals surface area contributed by atoms with Gasteiger partial charge < -0.3 is 39.1 Å². The Balaban J connectivity index is 5.01. The van der Waals surface area contributed by atoms with Gasteiger partial charge in [-0.3, -0.25) is 18.3 Å². The minimum Gasteiger partial charge on any atom is -0.324 e. The largest absolute Gasteiger partial charge is 0.340 e. The van der Waals surface area contributed by atoms with Gasteiger partial charge in [-0.25, -0.2) is 0 Å². The Hall–Kier alpha value is 0.600. The summed E-state index contributed by atoms with van der Waals surface area (Å²) in [6, 6.07) is 0. The zero-order valence-corrected chi connectivity index (χ0v) is 13.9. The Kier molecular flexibility index (Phi) is 7.21. The summed E-state index contributed by atoms with van der Waals surface area (Å²) >= 11 is 0. The molecule has 0 aromatic rings. The first kappa shape index (κ1) is 21.6. The third-order valence-corrected chi connectivity index (χ3v) is 10.2. The average Bonchev–Trinajstić information content (AvgIpc) is 2.07. The van der Waals surface area contributed by atoms with Gasteiger partial charge in [-0.1, -0.05) is 6.42 Å². The van der Waals surface area contributed by atoms with Gasteiger partial charge in [0.2, 0.25) is 0 Å². The summed E-state index contributed by atoms with van der Waals surface area (Å²) in [6.45, 7) is 0. The third kappa shape index (κ3) is 7.61. The molecule has 0 saturated heterocycles. The lowest BCUT2D eigenvalue weighted by molar-refractivity contribution is 0.330. The van der Waals surface area contributed by atoms with Crippen LogP contribution >= 0.6 is 30.4 Å². The SMILES string of the molecule is O=P(O)(O)C(CCCC(P(=O)(O)O)P(=O)(O)O)P(=O)(O)O. The summed E-state index contributed by atoms with van der Waals surface area (Å²) < 4.78 is 43.8. The van der Waals surface area contributed by atoms with Crippen LogP contribution < -0.4 is 0 Å². The van der Waals surface area contributed by atoms with Crippen LogP contribution in [0.4, 0.5) is 0 Å². The second-order valence-corrected chi connectivity index (χ2v) is 12.3. The maximum Gasteiger partial charge on any atom is 0.340 e. The molecule has 0 aliphatic rings. The Morgan fingerprint density at radius 1 is 0.524 bits per heavy atom. The fraction of sp³-hybridized carbons (Fsp3) is 1.00. The van der Waals surface area contributed by atoms with Crippen LogP contribution in [0.25, 0.3) is 0 Å². The van der Waals surface area contributed by atoms with Gasteiger partial charge in [0.15, 0.2) is 10.8 Å². The van der Waals surface area contributed by atoms with E-state index in [1.165, 1.54) is 0 Å². The van der Waals surface area contributed by atoms with Crippen molar-refractivity contribution in [1.29, 1.82) is 0 Å². The van der Waals surface area contributed by atoms with Crippen molar-refractivity contribution in [2.24, 2.45) is 0 Å². The van der Waals surface area contributed by atoms with Crippen molar-refractivity contribution in [3.05, 3.63) is 0 Å². The maximum atomic E-state index is 10.9. The maximum absolute atomic E-state index is 10.9. The van der Waals surface area contributed by atoms with Crippen LogP contribution in [0.5, 0.6) is 0 Å². The predicted molar refractivity (Wildman–Crippen MR) is 69.6 cm³/mol. The molecular weight excluding hydrogens is 376 g/mol. The molecule has 0 atom stereocenters. The van der Waals surface area contributed by atoms with Crippen molar-refractivity contribution < 1.29 is 57.4 Å². The van der Waals surface area contributed by atoms with Crippen molar-refractivity contribution in [3.63, 3.8) is 0 Å². The monoisotopic (exact) mass is 392 g/mol. The van der Waals surface area contributed by atoms with E-state index in [2.05, 4.69) is 0 Å². The predicted octanol–water partition coefficient (Wildman–Crippen LogP) is -0.480. The molecule has 0 fully saturated rings. The minimum atomic E-state index is -5.19. The molecule has 0 saturated carbocycles. The summed E-state index contributed by atoms with van der Waals surface area (Å²) in [5.74, 6) is 0. The molecule has 0 radical (unpaired) electrons. The third-order valence-electron chi connectivity index (χ3n) is 2.48. The first-order chi connectivity index (χ1) is 8.97. The van der Waals surface area contributed by atoms with E-state index >= 15 is 0 Å². The van der Waals surface area contributed by atoms with E-state index in [9.17, 15) is 18.3 Å². The van der Waals surface area contributed by atoms with E-state index in [0.29, 0.717) is 0 Å². The molecule has 0 unspecified atom stereocenters. The molecule has 16 heteroatoms. The number of rotatable bonds is 8. The Bertz CT molecular complexity index is 440. The van der Waals surface area contributed by atoms with Crippen LogP contribution in [0, 0.1) is 0 Å². The normalized spacial score (nSPS) is 15.0.